The number of amides is 1. The van der Waals surface area contributed by atoms with Gasteiger partial charge in [0.15, 0.2) is 5.13 Å². The van der Waals surface area contributed by atoms with Crippen molar-refractivity contribution in [1.29, 1.82) is 0 Å². The number of ether oxygens (including phenoxy) is 1. The Morgan fingerprint density at radius 2 is 2.19 bits per heavy atom. The van der Waals surface area contributed by atoms with Crippen LogP contribution in [0.5, 0.6) is 0 Å². The lowest BCUT2D eigenvalue weighted by molar-refractivity contribution is 0.0911. The minimum absolute atomic E-state index is 0.148. The lowest BCUT2D eigenvalue weighted by Gasteiger charge is -2.11. The second-order valence-corrected chi connectivity index (χ2v) is 6.66. The molecule has 1 saturated heterocycles. The minimum atomic E-state index is -0.148. The van der Waals surface area contributed by atoms with Crippen molar-refractivity contribution in [3.63, 3.8) is 0 Å². The smallest absolute Gasteiger partial charge is 0.265 e. The second kappa shape index (κ2) is 6.62. The highest BCUT2D eigenvalue weighted by molar-refractivity contribution is 7.18. The summed E-state index contributed by atoms with van der Waals surface area (Å²) in [5.41, 5.74) is 5.87. The van der Waals surface area contributed by atoms with Crippen molar-refractivity contribution >= 4 is 28.2 Å². The summed E-state index contributed by atoms with van der Waals surface area (Å²) in [5.74, 6) is 0.935. The van der Waals surface area contributed by atoms with E-state index in [1.807, 2.05) is 0 Å². The Kier molecular flexibility index (Phi) is 4.60. The van der Waals surface area contributed by atoms with Crippen molar-refractivity contribution in [2.24, 2.45) is 5.92 Å². The fourth-order valence-corrected chi connectivity index (χ4v) is 3.33. The number of anilines is 2. The number of hydrogen-bond donors (Lipinski definition) is 2. The van der Waals surface area contributed by atoms with Crippen LogP contribution in [-0.4, -0.2) is 43.7 Å². The largest absolute Gasteiger partial charge is 0.382 e. The molecule has 0 radical (unpaired) electrons. The first-order valence-corrected chi connectivity index (χ1v) is 8.43. The third kappa shape index (κ3) is 3.85. The standard InChI is InChI=1S/C14H22N4O2S/c15-12-11(21-14(17-12)18-6-1-2-7-18)13(19)16-5-8-20-9-10-3-4-10/h10H,1-9,15H2,(H,16,19). The van der Waals surface area contributed by atoms with E-state index in [-0.39, 0.29) is 5.91 Å². The zero-order chi connectivity index (χ0) is 14.7. The number of hydrogen-bond acceptors (Lipinski definition) is 6. The van der Waals surface area contributed by atoms with Crippen molar-refractivity contribution in [2.45, 2.75) is 25.7 Å². The molecule has 2 heterocycles. The normalized spacial score (nSPS) is 18.2. The van der Waals surface area contributed by atoms with Crippen LogP contribution in [0.15, 0.2) is 0 Å². The SMILES string of the molecule is Nc1nc(N2CCCC2)sc1C(=O)NCCOCC1CC1. The molecule has 0 bridgehead atoms. The average Bonchev–Trinajstić information content (AvgIpc) is 2.99. The van der Waals surface area contributed by atoms with Gasteiger partial charge in [-0.05, 0) is 31.6 Å². The van der Waals surface area contributed by atoms with Gasteiger partial charge in [0.1, 0.15) is 10.7 Å². The van der Waals surface area contributed by atoms with E-state index in [1.54, 1.807) is 0 Å². The van der Waals surface area contributed by atoms with Crippen molar-refractivity contribution < 1.29 is 9.53 Å². The zero-order valence-corrected chi connectivity index (χ0v) is 13.0. The molecule has 0 aromatic carbocycles. The third-order valence-electron chi connectivity index (χ3n) is 3.81. The summed E-state index contributed by atoms with van der Waals surface area (Å²) >= 11 is 1.38. The van der Waals surface area contributed by atoms with Crippen LogP contribution in [0.25, 0.3) is 0 Å². The first-order chi connectivity index (χ1) is 10.2. The molecule has 3 N–H and O–H groups in total. The number of nitrogen functional groups attached to an aromatic ring is 1. The number of carbonyl (C=O) groups excluding carboxylic acids is 1. The van der Waals surface area contributed by atoms with E-state index in [4.69, 9.17) is 10.5 Å². The van der Waals surface area contributed by atoms with E-state index in [2.05, 4.69) is 15.2 Å². The molecule has 1 aliphatic heterocycles. The summed E-state index contributed by atoms with van der Waals surface area (Å²) in [6.45, 7) is 3.89. The summed E-state index contributed by atoms with van der Waals surface area (Å²) in [5, 5.41) is 3.71. The Morgan fingerprint density at radius 3 is 2.90 bits per heavy atom. The molecular weight excluding hydrogens is 288 g/mol. The highest BCUT2D eigenvalue weighted by Gasteiger charge is 2.22. The molecule has 2 aliphatic rings. The summed E-state index contributed by atoms with van der Waals surface area (Å²) in [4.78, 5) is 19.1. The van der Waals surface area contributed by atoms with E-state index >= 15 is 0 Å². The zero-order valence-electron chi connectivity index (χ0n) is 12.1. The molecule has 1 saturated carbocycles. The predicted octanol–water partition coefficient (Wildman–Crippen LogP) is 1.48. The van der Waals surface area contributed by atoms with Crippen molar-refractivity contribution in [3.8, 4) is 0 Å². The Hall–Kier alpha value is -1.34. The molecule has 0 spiro atoms. The first-order valence-electron chi connectivity index (χ1n) is 7.61. The number of nitrogens with one attached hydrogen (secondary N) is 1. The van der Waals surface area contributed by atoms with Crippen LogP contribution in [0, 0.1) is 5.92 Å². The Balaban J connectivity index is 1.46. The molecule has 116 valence electrons. The van der Waals surface area contributed by atoms with Gasteiger partial charge in [0, 0.05) is 26.2 Å². The molecule has 1 aromatic rings. The maximum Gasteiger partial charge on any atom is 0.265 e. The number of thiazole rings is 1. The first kappa shape index (κ1) is 14.6. The fraction of sp³-hybridized carbons (Fsp3) is 0.714. The Labute approximate surface area is 128 Å². The molecule has 1 aromatic heterocycles. The highest BCUT2D eigenvalue weighted by atomic mass is 32.1. The molecule has 2 fully saturated rings. The molecule has 3 rings (SSSR count). The Morgan fingerprint density at radius 1 is 1.43 bits per heavy atom. The van der Waals surface area contributed by atoms with Gasteiger partial charge in [-0.1, -0.05) is 11.3 Å². The van der Waals surface area contributed by atoms with E-state index in [1.165, 1.54) is 37.0 Å². The quantitative estimate of drug-likeness (QED) is 0.746. The van der Waals surface area contributed by atoms with Gasteiger partial charge in [0.2, 0.25) is 0 Å². The van der Waals surface area contributed by atoms with Crippen LogP contribution in [0.1, 0.15) is 35.4 Å². The summed E-state index contributed by atoms with van der Waals surface area (Å²) in [6.07, 6.45) is 4.92. The van der Waals surface area contributed by atoms with Gasteiger partial charge >= 0.3 is 0 Å². The van der Waals surface area contributed by atoms with Crippen LogP contribution in [0.4, 0.5) is 10.9 Å². The molecule has 1 aliphatic carbocycles. The summed E-state index contributed by atoms with van der Waals surface area (Å²) < 4.78 is 5.49. The van der Waals surface area contributed by atoms with Gasteiger partial charge in [0.25, 0.3) is 5.91 Å². The van der Waals surface area contributed by atoms with Gasteiger partial charge < -0.3 is 20.7 Å². The van der Waals surface area contributed by atoms with Gasteiger partial charge in [-0.25, -0.2) is 4.98 Å². The number of aromatic nitrogens is 1. The van der Waals surface area contributed by atoms with E-state index < -0.39 is 0 Å². The van der Waals surface area contributed by atoms with Gasteiger partial charge in [0.05, 0.1) is 6.61 Å². The van der Waals surface area contributed by atoms with Crippen LogP contribution >= 0.6 is 11.3 Å². The van der Waals surface area contributed by atoms with Crippen molar-refractivity contribution in [3.05, 3.63) is 4.88 Å². The fourth-order valence-electron chi connectivity index (χ4n) is 2.38. The lowest BCUT2D eigenvalue weighted by atomic mass is 10.4. The van der Waals surface area contributed by atoms with Gasteiger partial charge in [-0.15, -0.1) is 0 Å². The molecule has 7 heteroatoms. The topological polar surface area (TPSA) is 80.5 Å². The molecule has 0 unspecified atom stereocenters. The predicted molar refractivity (Wildman–Crippen MR) is 83.8 cm³/mol. The maximum atomic E-state index is 12.1. The van der Waals surface area contributed by atoms with Gasteiger partial charge in [-0.2, -0.15) is 0 Å². The van der Waals surface area contributed by atoms with Crippen LogP contribution < -0.4 is 16.0 Å². The van der Waals surface area contributed by atoms with Crippen molar-refractivity contribution in [2.75, 3.05) is 43.5 Å². The monoisotopic (exact) mass is 310 g/mol. The number of nitrogens with zero attached hydrogens (tertiary/aromatic N) is 2. The average molecular weight is 310 g/mol. The van der Waals surface area contributed by atoms with Crippen LogP contribution in [0.2, 0.25) is 0 Å². The molecule has 1 amide bonds. The third-order valence-corrected chi connectivity index (χ3v) is 4.94. The lowest BCUT2D eigenvalue weighted by Crippen LogP contribution is -2.27. The van der Waals surface area contributed by atoms with Crippen LogP contribution in [0.3, 0.4) is 0 Å². The molecule has 21 heavy (non-hydrogen) atoms. The summed E-state index contributed by atoms with van der Waals surface area (Å²) in [7, 11) is 0. The molecular formula is C14H22N4O2S. The van der Waals surface area contributed by atoms with E-state index in [0.717, 1.165) is 30.7 Å². The number of nitrogens with two attached hydrogens (primary N) is 1. The Bertz CT molecular complexity index is 495. The second-order valence-electron chi connectivity index (χ2n) is 5.68. The maximum absolute atomic E-state index is 12.1. The molecule has 0 atom stereocenters. The van der Waals surface area contributed by atoms with E-state index in [9.17, 15) is 4.79 Å². The van der Waals surface area contributed by atoms with Crippen molar-refractivity contribution in [1.82, 2.24) is 10.3 Å². The minimum Gasteiger partial charge on any atom is -0.382 e. The van der Waals surface area contributed by atoms with Gasteiger partial charge in [-0.3, -0.25) is 4.79 Å². The number of rotatable bonds is 7. The summed E-state index contributed by atoms with van der Waals surface area (Å²) in [6, 6.07) is 0. The number of carbonyl (C=O) groups is 1. The van der Waals surface area contributed by atoms with E-state index in [0.29, 0.717) is 23.8 Å². The van der Waals surface area contributed by atoms with Crippen LogP contribution in [-0.2, 0) is 4.74 Å². The highest BCUT2D eigenvalue weighted by Crippen LogP contribution is 2.30. The molecule has 6 nitrogen and oxygen atoms in total.